The van der Waals surface area contributed by atoms with E-state index >= 15 is 0 Å². The Morgan fingerprint density at radius 3 is 2.42 bits per heavy atom. The molecule has 0 amide bonds. The minimum Gasteiger partial charge on any atom is -0.287 e. The van der Waals surface area contributed by atoms with E-state index < -0.39 is 5.72 Å². The van der Waals surface area contributed by atoms with Gasteiger partial charge in [-0.05, 0) is 25.7 Å². The Morgan fingerprint density at radius 2 is 2.00 bits per heavy atom. The number of hydrogen-bond acceptors (Lipinski definition) is 1. The van der Waals surface area contributed by atoms with Gasteiger partial charge in [0.25, 0.3) is 0 Å². The Balaban J connectivity index is 3.56. The van der Waals surface area contributed by atoms with E-state index in [1.165, 1.54) is 0 Å². The quantitative estimate of drug-likeness (QED) is 0.613. The van der Waals surface area contributed by atoms with Crippen LogP contribution in [0.1, 0.15) is 47.0 Å². The molecule has 0 saturated carbocycles. The molecule has 0 aliphatic carbocycles. The van der Waals surface area contributed by atoms with Crippen LogP contribution in [0.2, 0.25) is 0 Å². The molecule has 0 rings (SSSR count). The molecular weight excluding hydrogens is 150 g/mol. The number of hydrogen-bond donors (Lipinski definition) is 1. The topological polar surface area (TPSA) is 31.9 Å². The maximum atomic E-state index is 11.7. The van der Waals surface area contributed by atoms with Crippen LogP contribution in [0, 0.1) is 5.92 Å². The van der Waals surface area contributed by atoms with E-state index in [0.29, 0.717) is 5.92 Å². The SMILES string of the molecule is CCCCC(C)([O])NCC(C)C. The van der Waals surface area contributed by atoms with Gasteiger partial charge in [0.1, 0.15) is 0 Å². The Kier molecular flexibility index (Phi) is 5.51. The van der Waals surface area contributed by atoms with Crippen molar-refractivity contribution in [1.82, 2.24) is 5.32 Å². The average Bonchev–Trinajstić information content (AvgIpc) is 1.98. The first kappa shape index (κ1) is 11.9. The lowest BCUT2D eigenvalue weighted by Crippen LogP contribution is -2.42. The molecule has 0 saturated heterocycles. The Bertz CT molecular complexity index is 110. The van der Waals surface area contributed by atoms with Crippen LogP contribution in [0.4, 0.5) is 0 Å². The second kappa shape index (κ2) is 5.55. The van der Waals surface area contributed by atoms with Crippen molar-refractivity contribution in [2.24, 2.45) is 5.92 Å². The molecule has 12 heavy (non-hydrogen) atoms. The third-order valence-electron chi connectivity index (χ3n) is 1.89. The molecule has 0 aliphatic rings. The van der Waals surface area contributed by atoms with Crippen LogP contribution in [0.5, 0.6) is 0 Å². The van der Waals surface area contributed by atoms with Gasteiger partial charge in [0.2, 0.25) is 0 Å². The lowest BCUT2D eigenvalue weighted by atomic mass is 10.1. The molecule has 0 aromatic heterocycles. The number of unbranched alkanes of at least 4 members (excludes halogenated alkanes) is 1. The standard InChI is InChI=1S/C10H22NO/c1-5-6-7-10(4,12)11-8-9(2)3/h9,11H,5-8H2,1-4H3. The Labute approximate surface area is 76.4 Å². The highest BCUT2D eigenvalue weighted by atomic mass is 16.3. The molecule has 1 atom stereocenters. The highest BCUT2D eigenvalue weighted by Crippen LogP contribution is 2.11. The molecule has 2 nitrogen and oxygen atoms in total. The van der Waals surface area contributed by atoms with Gasteiger partial charge in [-0.1, -0.05) is 27.2 Å². The van der Waals surface area contributed by atoms with E-state index in [1.807, 2.05) is 0 Å². The number of nitrogens with one attached hydrogen (secondary N) is 1. The van der Waals surface area contributed by atoms with E-state index in [9.17, 15) is 5.11 Å². The molecule has 0 fully saturated rings. The normalized spacial score (nSPS) is 16.5. The summed E-state index contributed by atoms with van der Waals surface area (Å²) < 4.78 is 0. The van der Waals surface area contributed by atoms with Gasteiger partial charge in [0.15, 0.2) is 5.72 Å². The van der Waals surface area contributed by atoms with Crippen molar-refractivity contribution >= 4 is 0 Å². The summed E-state index contributed by atoms with van der Waals surface area (Å²) >= 11 is 0. The van der Waals surface area contributed by atoms with Crippen molar-refractivity contribution in [2.45, 2.75) is 52.7 Å². The zero-order valence-corrected chi connectivity index (χ0v) is 8.81. The zero-order valence-electron chi connectivity index (χ0n) is 8.81. The predicted octanol–water partition coefficient (Wildman–Crippen LogP) is 2.57. The number of rotatable bonds is 6. The molecule has 2 heteroatoms. The summed E-state index contributed by atoms with van der Waals surface area (Å²) in [5.41, 5.74) is -0.916. The second-order valence-electron chi connectivity index (χ2n) is 4.11. The molecule has 0 aliphatic heterocycles. The van der Waals surface area contributed by atoms with Crippen molar-refractivity contribution in [1.29, 1.82) is 0 Å². The molecule has 1 N–H and O–H groups in total. The van der Waals surface area contributed by atoms with Gasteiger partial charge in [0, 0.05) is 6.54 Å². The molecule has 0 heterocycles. The van der Waals surface area contributed by atoms with Gasteiger partial charge >= 0.3 is 0 Å². The molecular formula is C10H22NO. The summed E-state index contributed by atoms with van der Waals surface area (Å²) in [6, 6.07) is 0. The van der Waals surface area contributed by atoms with Crippen molar-refractivity contribution in [3.05, 3.63) is 0 Å². The second-order valence-corrected chi connectivity index (χ2v) is 4.11. The minimum absolute atomic E-state index is 0.555. The first-order valence-electron chi connectivity index (χ1n) is 4.93. The highest BCUT2D eigenvalue weighted by Gasteiger charge is 2.20. The highest BCUT2D eigenvalue weighted by molar-refractivity contribution is 4.69. The van der Waals surface area contributed by atoms with Crippen LogP contribution in [0.25, 0.3) is 0 Å². The van der Waals surface area contributed by atoms with E-state index in [0.717, 1.165) is 25.8 Å². The monoisotopic (exact) mass is 172 g/mol. The van der Waals surface area contributed by atoms with Gasteiger partial charge in [-0.15, -0.1) is 0 Å². The first-order chi connectivity index (χ1) is 5.48. The zero-order chi connectivity index (χ0) is 9.61. The summed E-state index contributed by atoms with van der Waals surface area (Å²) in [5, 5.41) is 14.7. The third-order valence-corrected chi connectivity index (χ3v) is 1.89. The molecule has 0 aromatic rings. The van der Waals surface area contributed by atoms with Crippen LogP contribution in [-0.4, -0.2) is 12.3 Å². The van der Waals surface area contributed by atoms with Crippen LogP contribution in [-0.2, 0) is 5.11 Å². The van der Waals surface area contributed by atoms with Gasteiger partial charge in [-0.2, -0.15) is 0 Å². The Morgan fingerprint density at radius 1 is 1.42 bits per heavy atom. The van der Waals surface area contributed by atoms with Crippen LogP contribution in [0.15, 0.2) is 0 Å². The van der Waals surface area contributed by atoms with E-state index in [4.69, 9.17) is 0 Å². The lowest BCUT2D eigenvalue weighted by Gasteiger charge is -2.23. The maximum absolute atomic E-state index is 11.7. The van der Waals surface area contributed by atoms with E-state index in [2.05, 4.69) is 26.1 Å². The van der Waals surface area contributed by atoms with Crippen LogP contribution < -0.4 is 5.32 Å². The smallest absolute Gasteiger partial charge is 0.151 e. The van der Waals surface area contributed by atoms with Gasteiger partial charge in [0.05, 0.1) is 0 Å². The molecule has 0 bridgehead atoms. The largest absolute Gasteiger partial charge is 0.287 e. The minimum atomic E-state index is -0.916. The summed E-state index contributed by atoms with van der Waals surface area (Å²) in [6.07, 6.45) is 2.85. The fraction of sp³-hybridized carbons (Fsp3) is 1.00. The molecule has 0 aromatic carbocycles. The molecule has 1 unspecified atom stereocenters. The van der Waals surface area contributed by atoms with E-state index in [-0.39, 0.29) is 0 Å². The first-order valence-corrected chi connectivity index (χ1v) is 4.93. The lowest BCUT2D eigenvalue weighted by molar-refractivity contribution is -0.0528. The van der Waals surface area contributed by atoms with Crippen molar-refractivity contribution in [3.8, 4) is 0 Å². The van der Waals surface area contributed by atoms with Crippen molar-refractivity contribution < 1.29 is 5.11 Å². The van der Waals surface area contributed by atoms with E-state index in [1.54, 1.807) is 6.92 Å². The summed E-state index contributed by atoms with van der Waals surface area (Å²) in [4.78, 5) is 0. The average molecular weight is 172 g/mol. The molecule has 73 valence electrons. The summed E-state index contributed by atoms with van der Waals surface area (Å²) in [7, 11) is 0. The maximum Gasteiger partial charge on any atom is 0.151 e. The van der Waals surface area contributed by atoms with Gasteiger partial charge in [-0.25, -0.2) is 5.11 Å². The molecule has 1 radical (unpaired) electrons. The van der Waals surface area contributed by atoms with Gasteiger partial charge < -0.3 is 0 Å². The van der Waals surface area contributed by atoms with Gasteiger partial charge in [-0.3, -0.25) is 5.32 Å². The summed E-state index contributed by atoms with van der Waals surface area (Å²) in [5.74, 6) is 0.555. The summed E-state index contributed by atoms with van der Waals surface area (Å²) in [6.45, 7) is 8.90. The third kappa shape index (κ3) is 6.62. The predicted molar refractivity (Wildman–Crippen MR) is 51.5 cm³/mol. The van der Waals surface area contributed by atoms with Crippen LogP contribution in [0.3, 0.4) is 0 Å². The van der Waals surface area contributed by atoms with Crippen molar-refractivity contribution in [2.75, 3.05) is 6.54 Å². The van der Waals surface area contributed by atoms with Crippen LogP contribution >= 0.6 is 0 Å². The fourth-order valence-electron chi connectivity index (χ4n) is 1.02. The fourth-order valence-corrected chi connectivity index (χ4v) is 1.02. The molecule has 0 spiro atoms. The van der Waals surface area contributed by atoms with Crippen molar-refractivity contribution in [3.63, 3.8) is 0 Å². The Hall–Kier alpha value is -0.0800.